The van der Waals surface area contributed by atoms with E-state index in [2.05, 4.69) is 45.0 Å². The number of carbonyl (C=O) groups is 1. The van der Waals surface area contributed by atoms with E-state index in [0.717, 1.165) is 10.8 Å². The van der Waals surface area contributed by atoms with Crippen LogP contribution in [0.3, 0.4) is 0 Å². The van der Waals surface area contributed by atoms with Crippen molar-refractivity contribution in [2.24, 2.45) is 0 Å². The summed E-state index contributed by atoms with van der Waals surface area (Å²) in [7, 11) is 0. The van der Waals surface area contributed by atoms with E-state index in [9.17, 15) is 4.79 Å². The summed E-state index contributed by atoms with van der Waals surface area (Å²) in [4.78, 5) is 12.0. The predicted molar refractivity (Wildman–Crippen MR) is 88.6 cm³/mol. The van der Waals surface area contributed by atoms with Gasteiger partial charge in [-0.05, 0) is 29.4 Å². The number of Topliss-reactive ketones (excluding diaryl/α,β-unsaturated/α-hetero) is 1. The Labute approximate surface area is 127 Å². The molecule has 0 saturated heterocycles. The highest BCUT2D eigenvalue weighted by Crippen LogP contribution is 2.29. The Hall–Kier alpha value is -0.760. The first kappa shape index (κ1) is 15.6. The molecule has 1 aliphatic rings. The van der Waals surface area contributed by atoms with E-state index < -0.39 is 0 Å². The summed E-state index contributed by atoms with van der Waals surface area (Å²) < 4.78 is 0. The molecule has 2 rings (SSSR count). The van der Waals surface area contributed by atoms with Gasteiger partial charge in [-0.15, -0.1) is 0 Å². The fourth-order valence-corrected chi connectivity index (χ4v) is 3.86. The van der Waals surface area contributed by atoms with Gasteiger partial charge in [0.05, 0.1) is 5.75 Å². The molecular formula is C18H26OS. The largest absolute Gasteiger partial charge is 0.298 e. The topological polar surface area (TPSA) is 17.1 Å². The molecule has 0 atom stereocenters. The van der Waals surface area contributed by atoms with Gasteiger partial charge in [0.1, 0.15) is 5.78 Å². The van der Waals surface area contributed by atoms with Crippen molar-refractivity contribution in [3.63, 3.8) is 0 Å². The number of rotatable bonds is 5. The van der Waals surface area contributed by atoms with Gasteiger partial charge in [0.25, 0.3) is 0 Å². The number of hydrogen-bond acceptors (Lipinski definition) is 2. The molecular weight excluding hydrogens is 264 g/mol. The van der Waals surface area contributed by atoms with Crippen LogP contribution >= 0.6 is 11.8 Å². The Morgan fingerprint density at radius 3 is 2.30 bits per heavy atom. The molecule has 1 aliphatic carbocycles. The van der Waals surface area contributed by atoms with E-state index in [4.69, 9.17) is 0 Å². The molecule has 0 amide bonds. The predicted octanol–water partition coefficient (Wildman–Crippen LogP) is 4.77. The monoisotopic (exact) mass is 290 g/mol. The minimum Gasteiger partial charge on any atom is -0.298 e. The van der Waals surface area contributed by atoms with Crippen molar-refractivity contribution in [3.8, 4) is 0 Å². The smallest absolute Gasteiger partial charge is 0.147 e. The van der Waals surface area contributed by atoms with Crippen molar-refractivity contribution in [2.75, 3.05) is 5.75 Å². The van der Waals surface area contributed by atoms with Gasteiger partial charge in [-0.1, -0.05) is 57.9 Å². The van der Waals surface area contributed by atoms with E-state index in [1.54, 1.807) is 0 Å². The van der Waals surface area contributed by atoms with Gasteiger partial charge in [-0.2, -0.15) is 11.8 Å². The lowest BCUT2D eigenvalue weighted by Crippen LogP contribution is -2.12. The highest BCUT2D eigenvalue weighted by Gasteiger charge is 2.17. The van der Waals surface area contributed by atoms with Gasteiger partial charge in [-0.25, -0.2) is 0 Å². The molecule has 1 saturated carbocycles. The van der Waals surface area contributed by atoms with Crippen molar-refractivity contribution in [2.45, 2.75) is 63.5 Å². The van der Waals surface area contributed by atoms with Gasteiger partial charge >= 0.3 is 0 Å². The zero-order chi connectivity index (χ0) is 14.6. The molecule has 2 heteroatoms. The molecule has 0 bridgehead atoms. The van der Waals surface area contributed by atoms with Gasteiger partial charge < -0.3 is 0 Å². The third kappa shape index (κ3) is 4.66. The van der Waals surface area contributed by atoms with Crippen molar-refractivity contribution in [3.05, 3.63) is 35.4 Å². The SMILES string of the molecule is CC(C)(C)c1ccc(CC(=O)CSC2CCCC2)cc1. The second-order valence-electron chi connectivity index (χ2n) is 6.88. The van der Waals surface area contributed by atoms with Gasteiger partial charge in [0, 0.05) is 11.7 Å². The van der Waals surface area contributed by atoms with E-state index in [0.29, 0.717) is 18.0 Å². The van der Waals surface area contributed by atoms with Crippen LogP contribution in [0, 0.1) is 0 Å². The van der Waals surface area contributed by atoms with Crippen LogP contribution in [0.25, 0.3) is 0 Å². The number of hydrogen-bond donors (Lipinski definition) is 0. The molecule has 0 heterocycles. The van der Waals surface area contributed by atoms with Crippen LogP contribution in [0.1, 0.15) is 57.6 Å². The lowest BCUT2D eigenvalue weighted by molar-refractivity contribution is -0.116. The summed E-state index contributed by atoms with van der Waals surface area (Å²) in [5.41, 5.74) is 2.66. The summed E-state index contributed by atoms with van der Waals surface area (Å²) in [6.45, 7) is 6.64. The van der Waals surface area contributed by atoms with Crippen molar-refractivity contribution in [1.82, 2.24) is 0 Å². The maximum atomic E-state index is 12.0. The van der Waals surface area contributed by atoms with E-state index in [1.165, 1.54) is 31.2 Å². The first-order chi connectivity index (χ1) is 9.45. The zero-order valence-electron chi connectivity index (χ0n) is 12.9. The van der Waals surface area contributed by atoms with Gasteiger partial charge in [-0.3, -0.25) is 4.79 Å². The first-order valence-corrected chi connectivity index (χ1v) is 8.73. The van der Waals surface area contributed by atoms with Crippen LogP contribution in [0.2, 0.25) is 0 Å². The highest BCUT2D eigenvalue weighted by atomic mass is 32.2. The third-order valence-corrected chi connectivity index (χ3v) is 5.43. The molecule has 1 aromatic rings. The number of benzene rings is 1. The Balaban J connectivity index is 1.81. The second kappa shape index (κ2) is 6.80. The Bertz CT molecular complexity index is 435. The van der Waals surface area contributed by atoms with Crippen molar-refractivity contribution in [1.29, 1.82) is 0 Å². The molecule has 1 nitrogen and oxygen atoms in total. The first-order valence-electron chi connectivity index (χ1n) is 7.68. The summed E-state index contributed by atoms with van der Waals surface area (Å²) >= 11 is 1.87. The Kier molecular flexibility index (Phi) is 5.31. The van der Waals surface area contributed by atoms with Crippen LogP contribution < -0.4 is 0 Å². The molecule has 1 fully saturated rings. The fraction of sp³-hybridized carbons (Fsp3) is 0.611. The van der Waals surface area contributed by atoms with Gasteiger partial charge in [0.15, 0.2) is 0 Å². The number of carbonyl (C=O) groups excluding carboxylic acids is 1. The fourth-order valence-electron chi connectivity index (χ4n) is 2.67. The molecule has 0 N–H and O–H groups in total. The van der Waals surface area contributed by atoms with Crippen LogP contribution in [0.4, 0.5) is 0 Å². The summed E-state index contributed by atoms with van der Waals surface area (Å²) in [6, 6.07) is 8.54. The average Bonchev–Trinajstić information content (AvgIpc) is 2.89. The number of thioether (sulfide) groups is 1. The van der Waals surface area contributed by atoms with E-state index >= 15 is 0 Å². The van der Waals surface area contributed by atoms with Crippen LogP contribution in [0.5, 0.6) is 0 Å². The van der Waals surface area contributed by atoms with Crippen LogP contribution in [0.15, 0.2) is 24.3 Å². The molecule has 0 aromatic heterocycles. The molecule has 110 valence electrons. The highest BCUT2D eigenvalue weighted by molar-refractivity contribution is 8.00. The molecule has 20 heavy (non-hydrogen) atoms. The van der Waals surface area contributed by atoms with Crippen LogP contribution in [-0.4, -0.2) is 16.8 Å². The minimum absolute atomic E-state index is 0.181. The maximum absolute atomic E-state index is 12.0. The molecule has 1 aromatic carbocycles. The standard InChI is InChI=1S/C18H26OS/c1-18(2,3)15-10-8-14(9-11-15)12-16(19)13-20-17-6-4-5-7-17/h8-11,17H,4-7,12-13H2,1-3H3. The third-order valence-electron chi connectivity index (χ3n) is 4.00. The van der Waals surface area contributed by atoms with E-state index in [1.807, 2.05) is 11.8 Å². The van der Waals surface area contributed by atoms with Crippen molar-refractivity contribution < 1.29 is 4.79 Å². The summed E-state index contributed by atoms with van der Waals surface area (Å²) in [6.07, 6.45) is 5.89. The molecule has 0 aliphatic heterocycles. The summed E-state index contributed by atoms with van der Waals surface area (Å²) in [5.74, 6) is 1.05. The normalized spacial score (nSPS) is 16.6. The minimum atomic E-state index is 0.181. The lowest BCUT2D eigenvalue weighted by atomic mass is 9.86. The molecule has 0 radical (unpaired) electrons. The average molecular weight is 290 g/mol. The Morgan fingerprint density at radius 1 is 1.15 bits per heavy atom. The quantitative estimate of drug-likeness (QED) is 0.777. The number of ketones is 1. The second-order valence-corrected chi connectivity index (χ2v) is 8.17. The lowest BCUT2D eigenvalue weighted by Gasteiger charge is -2.19. The van der Waals surface area contributed by atoms with E-state index in [-0.39, 0.29) is 5.41 Å². The zero-order valence-corrected chi connectivity index (χ0v) is 13.8. The maximum Gasteiger partial charge on any atom is 0.147 e. The Morgan fingerprint density at radius 2 is 1.75 bits per heavy atom. The van der Waals surface area contributed by atoms with Crippen molar-refractivity contribution >= 4 is 17.5 Å². The summed E-state index contributed by atoms with van der Waals surface area (Å²) in [5, 5.41) is 0.738. The molecule has 0 spiro atoms. The van der Waals surface area contributed by atoms with Crippen LogP contribution in [-0.2, 0) is 16.6 Å². The van der Waals surface area contributed by atoms with Gasteiger partial charge in [0.2, 0.25) is 0 Å². The molecule has 0 unspecified atom stereocenters.